The lowest BCUT2D eigenvalue weighted by Gasteiger charge is -2.15. The van der Waals surface area contributed by atoms with Crippen LogP contribution in [0.2, 0.25) is 5.02 Å². The van der Waals surface area contributed by atoms with Crippen LogP contribution in [0.25, 0.3) is 0 Å². The summed E-state index contributed by atoms with van der Waals surface area (Å²) < 4.78 is 6.68. The van der Waals surface area contributed by atoms with Gasteiger partial charge in [0.1, 0.15) is 11.5 Å². The number of benzene rings is 2. The van der Waals surface area contributed by atoms with Gasteiger partial charge in [-0.1, -0.05) is 30.7 Å². The first-order chi connectivity index (χ1) is 9.63. The van der Waals surface area contributed by atoms with Crippen LogP contribution in [0.3, 0.4) is 0 Å². The van der Waals surface area contributed by atoms with Crippen molar-refractivity contribution in [3.63, 3.8) is 0 Å². The second-order valence-corrected chi connectivity index (χ2v) is 5.79. The van der Waals surface area contributed by atoms with E-state index in [4.69, 9.17) is 16.3 Å². The highest BCUT2D eigenvalue weighted by Gasteiger charge is 2.07. The van der Waals surface area contributed by atoms with Gasteiger partial charge in [-0.2, -0.15) is 0 Å². The van der Waals surface area contributed by atoms with Gasteiger partial charge in [-0.15, -0.1) is 0 Å². The molecule has 0 saturated heterocycles. The van der Waals surface area contributed by atoms with Gasteiger partial charge in [0, 0.05) is 11.1 Å². The van der Waals surface area contributed by atoms with E-state index in [2.05, 4.69) is 40.3 Å². The zero-order valence-electron chi connectivity index (χ0n) is 11.5. The number of hydrogen-bond acceptors (Lipinski definition) is 2. The van der Waals surface area contributed by atoms with Crippen LogP contribution in [-0.4, -0.2) is 7.05 Å². The second kappa shape index (κ2) is 7.11. The Morgan fingerprint density at radius 1 is 1.20 bits per heavy atom. The summed E-state index contributed by atoms with van der Waals surface area (Å²) >= 11 is 9.36. The van der Waals surface area contributed by atoms with Crippen LogP contribution >= 0.6 is 27.5 Å². The van der Waals surface area contributed by atoms with Crippen molar-refractivity contribution in [1.29, 1.82) is 0 Å². The van der Waals surface area contributed by atoms with Gasteiger partial charge in [-0.25, -0.2) is 0 Å². The van der Waals surface area contributed by atoms with Gasteiger partial charge in [-0.3, -0.25) is 0 Å². The predicted octanol–water partition coefficient (Wildman–Crippen LogP) is 5.57. The Labute approximate surface area is 133 Å². The molecule has 0 saturated carbocycles. The van der Waals surface area contributed by atoms with E-state index in [9.17, 15) is 0 Å². The van der Waals surface area contributed by atoms with Crippen LogP contribution in [0, 0.1) is 0 Å². The van der Waals surface area contributed by atoms with Crippen LogP contribution in [0.15, 0.2) is 46.9 Å². The molecular weight excluding hydrogens is 338 g/mol. The molecule has 2 rings (SSSR count). The Balaban J connectivity index is 2.14. The Hall–Kier alpha value is -1.03. The Morgan fingerprint density at radius 2 is 1.90 bits per heavy atom. The summed E-state index contributed by atoms with van der Waals surface area (Å²) in [7, 11) is 1.98. The third-order valence-electron chi connectivity index (χ3n) is 3.16. The number of ether oxygens (including phenoxy) is 1. The normalized spacial score (nSPS) is 12.2. The highest BCUT2D eigenvalue weighted by atomic mass is 79.9. The average Bonchev–Trinajstić information content (AvgIpc) is 2.45. The maximum atomic E-state index is 5.91. The number of hydrogen-bond donors (Lipinski definition) is 1. The quantitative estimate of drug-likeness (QED) is 0.758. The number of nitrogens with one attached hydrogen (secondary N) is 1. The van der Waals surface area contributed by atoms with Crippen LogP contribution in [0.5, 0.6) is 11.5 Å². The molecule has 0 bridgehead atoms. The molecule has 0 heterocycles. The van der Waals surface area contributed by atoms with Gasteiger partial charge in [0.15, 0.2) is 0 Å². The molecule has 1 unspecified atom stereocenters. The molecule has 1 atom stereocenters. The van der Waals surface area contributed by atoms with E-state index in [0.717, 1.165) is 22.4 Å². The molecule has 1 N–H and O–H groups in total. The van der Waals surface area contributed by atoms with Crippen molar-refractivity contribution in [3.8, 4) is 11.5 Å². The van der Waals surface area contributed by atoms with Crippen molar-refractivity contribution in [2.45, 2.75) is 19.4 Å². The van der Waals surface area contributed by atoms with Gasteiger partial charge in [-0.05, 0) is 65.3 Å². The third kappa shape index (κ3) is 3.75. The lowest BCUT2D eigenvalue weighted by atomic mass is 10.0. The summed E-state index contributed by atoms with van der Waals surface area (Å²) in [5.74, 6) is 1.56. The van der Waals surface area contributed by atoms with Gasteiger partial charge in [0.05, 0.1) is 4.47 Å². The molecule has 2 aromatic rings. The minimum Gasteiger partial charge on any atom is -0.456 e. The fraction of sp³-hybridized carbons (Fsp3) is 0.250. The summed E-state index contributed by atoms with van der Waals surface area (Å²) in [5, 5.41) is 3.97. The molecule has 0 fully saturated rings. The van der Waals surface area contributed by atoms with Crippen molar-refractivity contribution < 1.29 is 4.74 Å². The second-order valence-electron chi connectivity index (χ2n) is 4.50. The summed E-state index contributed by atoms with van der Waals surface area (Å²) in [4.78, 5) is 0. The number of rotatable bonds is 5. The molecule has 0 spiro atoms. The molecule has 0 aliphatic rings. The van der Waals surface area contributed by atoms with E-state index in [-0.39, 0.29) is 0 Å². The summed E-state index contributed by atoms with van der Waals surface area (Å²) in [5.41, 5.74) is 1.26. The highest BCUT2D eigenvalue weighted by Crippen LogP contribution is 2.32. The average molecular weight is 355 g/mol. The monoisotopic (exact) mass is 353 g/mol. The fourth-order valence-corrected chi connectivity index (χ4v) is 2.82. The number of halogens is 2. The summed E-state index contributed by atoms with van der Waals surface area (Å²) in [6.45, 7) is 2.16. The van der Waals surface area contributed by atoms with Gasteiger partial charge >= 0.3 is 0 Å². The Morgan fingerprint density at radius 3 is 2.45 bits per heavy atom. The van der Waals surface area contributed by atoms with E-state index in [1.807, 2.05) is 37.4 Å². The first kappa shape index (κ1) is 15.4. The zero-order valence-corrected chi connectivity index (χ0v) is 13.8. The largest absolute Gasteiger partial charge is 0.456 e. The molecular formula is C16H17BrClNO. The van der Waals surface area contributed by atoms with E-state index in [1.165, 1.54) is 5.56 Å². The SMILES string of the molecule is CCC(NC)c1ccc(Oc2ccc(Cl)cc2Br)cc1. The smallest absolute Gasteiger partial charge is 0.141 e. The topological polar surface area (TPSA) is 21.3 Å². The van der Waals surface area contributed by atoms with Crippen molar-refractivity contribution in [2.24, 2.45) is 0 Å². The van der Waals surface area contributed by atoms with E-state index >= 15 is 0 Å². The molecule has 0 amide bonds. The van der Waals surface area contributed by atoms with Gasteiger partial charge < -0.3 is 10.1 Å². The third-order valence-corrected chi connectivity index (χ3v) is 4.02. The van der Waals surface area contributed by atoms with E-state index in [1.54, 1.807) is 0 Å². The molecule has 2 aromatic carbocycles. The molecule has 0 radical (unpaired) electrons. The maximum absolute atomic E-state index is 5.91. The van der Waals surface area contributed by atoms with Crippen LogP contribution < -0.4 is 10.1 Å². The lowest BCUT2D eigenvalue weighted by molar-refractivity contribution is 0.478. The van der Waals surface area contributed by atoms with Crippen LogP contribution in [-0.2, 0) is 0 Å². The minimum atomic E-state index is 0.381. The van der Waals surface area contributed by atoms with Crippen molar-refractivity contribution in [3.05, 3.63) is 57.5 Å². The maximum Gasteiger partial charge on any atom is 0.141 e. The summed E-state index contributed by atoms with van der Waals surface area (Å²) in [6.07, 6.45) is 1.05. The highest BCUT2D eigenvalue weighted by molar-refractivity contribution is 9.10. The first-order valence-electron chi connectivity index (χ1n) is 6.54. The minimum absolute atomic E-state index is 0.381. The first-order valence-corrected chi connectivity index (χ1v) is 7.71. The fourth-order valence-electron chi connectivity index (χ4n) is 2.06. The summed E-state index contributed by atoms with van der Waals surface area (Å²) in [6, 6.07) is 14.0. The molecule has 0 aliphatic carbocycles. The molecule has 0 aliphatic heterocycles. The van der Waals surface area contributed by atoms with Crippen LogP contribution in [0.4, 0.5) is 0 Å². The Bertz CT molecular complexity index is 567. The van der Waals surface area contributed by atoms with Crippen molar-refractivity contribution >= 4 is 27.5 Å². The van der Waals surface area contributed by atoms with Crippen molar-refractivity contribution in [1.82, 2.24) is 5.32 Å². The molecule has 20 heavy (non-hydrogen) atoms. The molecule has 2 nitrogen and oxygen atoms in total. The standard InChI is InChI=1S/C16H17BrClNO/c1-3-15(19-2)11-4-7-13(8-5-11)20-16-9-6-12(18)10-14(16)17/h4-10,15,19H,3H2,1-2H3. The lowest BCUT2D eigenvalue weighted by Crippen LogP contribution is -2.14. The molecule has 0 aromatic heterocycles. The predicted molar refractivity (Wildman–Crippen MR) is 87.8 cm³/mol. The van der Waals surface area contributed by atoms with Crippen LogP contribution in [0.1, 0.15) is 24.9 Å². The van der Waals surface area contributed by atoms with E-state index < -0.39 is 0 Å². The van der Waals surface area contributed by atoms with Gasteiger partial charge in [0.2, 0.25) is 0 Å². The van der Waals surface area contributed by atoms with E-state index in [0.29, 0.717) is 11.1 Å². The van der Waals surface area contributed by atoms with Gasteiger partial charge in [0.25, 0.3) is 0 Å². The molecule has 4 heteroatoms. The molecule has 106 valence electrons. The Kier molecular flexibility index (Phi) is 5.46. The zero-order chi connectivity index (χ0) is 14.5. The van der Waals surface area contributed by atoms with Crippen molar-refractivity contribution in [2.75, 3.05) is 7.05 Å².